The molecule has 0 saturated carbocycles. The van der Waals surface area contributed by atoms with Crippen molar-refractivity contribution in [3.8, 4) is 0 Å². The number of carbonyl (C=O) groups is 2. The first-order valence-corrected chi connectivity index (χ1v) is 6.37. The Bertz CT molecular complexity index is 446. The molecule has 1 aromatic carbocycles. The number of amides is 2. The Morgan fingerprint density at radius 3 is 2.50 bits per heavy atom. The van der Waals surface area contributed by atoms with E-state index in [1.165, 1.54) is 0 Å². The minimum absolute atomic E-state index is 0.109. The van der Waals surface area contributed by atoms with Gasteiger partial charge in [-0.15, -0.1) is 0 Å². The summed E-state index contributed by atoms with van der Waals surface area (Å²) in [6, 6.07) is 9.02. The molecule has 6 heteroatoms. The summed E-state index contributed by atoms with van der Waals surface area (Å²) in [7, 11) is 1.55. The topological polar surface area (TPSA) is 93.5 Å². The zero-order valence-corrected chi connectivity index (χ0v) is 11.8. The lowest BCUT2D eigenvalue weighted by Crippen LogP contribution is -2.51. The molecular formula is C14H21N3O3. The lowest BCUT2D eigenvalue weighted by Gasteiger charge is -2.23. The fourth-order valence-corrected chi connectivity index (χ4v) is 1.61. The minimum Gasteiger partial charge on any atom is -0.383 e. The second-order valence-corrected chi connectivity index (χ2v) is 4.59. The van der Waals surface area contributed by atoms with Crippen LogP contribution in [0.1, 0.15) is 12.5 Å². The second-order valence-electron chi connectivity index (χ2n) is 4.59. The molecule has 0 radical (unpaired) electrons. The Hall–Kier alpha value is -1.92. The van der Waals surface area contributed by atoms with E-state index >= 15 is 0 Å². The number of methoxy groups -OCH3 is 1. The molecule has 1 atom stereocenters. The quantitative estimate of drug-likeness (QED) is 0.599. The smallest absolute Gasteiger partial charge is 0.244 e. The van der Waals surface area contributed by atoms with Gasteiger partial charge in [-0.05, 0) is 12.5 Å². The zero-order valence-electron chi connectivity index (χ0n) is 11.8. The molecule has 1 rings (SSSR count). The van der Waals surface area contributed by atoms with Crippen molar-refractivity contribution in [3.05, 3.63) is 35.9 Å². The maximum atomic E-state index is 12.1. The largest absolute Gasteiger partial charge is 0.383 e. The summed E-state index contributed by atoms with van der Waals surface area (Å²) in [5.41, 5.74) is 5.55. The third-order valence-electron chi connectivity index (χ3n) is 2.88. The second kappa shape index (κ2) is 7.62. The van der Waals surface area contributed by atoms with E-state index in [-0.39, 0.29) is 12.5 Å². The van der Waals surface area contributed by atoms with Gasteiger partial charge in [0.25, 0.3) is 0 Å². The molecule has 0 fully saturated rings. The maximum absolute atomic E-state index is 12.1. The predicted molar refractivity (Wildman–Crippen MR) is 75.9 cm³/mol. The zero-order chi connectivity index (χ0) is 15.0. The highest BCUT2D eigenvalue weighted by atomic mass is 16.5. The Balaban J connectivity index is 2.48. The van der Waals surface area contributed by atoms with Crippen molar-refractivity contribution in [2.24, 2.45) is 5.73 Å². The molecule has 0 aliphatic heterocycles. The molecule has 0 heterocycles. The summed E-state index contributed by atoms with van der Waals surface area (Å²) in [6.45, 7) is 2.34. The van der Waals surface area contributed by atoms with Gasteiger partial charge < -0.3 is 21.1 Å². The van der Waals surface area contributed by atoms with Crippen molar-refractivity contribution >= 4 is 11.8 Å². The molecule has 2 amide bonds. The van der Waals surface area contributed by atoms with Gasteiger partial charge in [-0.3, -0.25) is 9.59 Å². The van der Waals surface area contributed by atoms with Gasteiger partial charge in [0.2, 0.25) is 11.8 Å². The molecule has 20 heavy (non-hydrogen) atoms. The van der Waals surface area contributed by atoms with Crippen LogP contribution in [0.15, 0.2) is 30.3 Å². The van der Waals surface area contributed by atoms with Crippen LogP contribution in [-0.2, 0) is 19.9 Å². The van der Waals surface area contributed by atoms with E-state index in [2.05, 4.69) is 10.6 Å². The van der Waals surface area contributed by atoms with Crippen LogP contribution >= 0.6 is 0 Å². The first-order chi connectivity index (χ1) is 9.48. The molecule has 0 aliphatic carbocycles. The highest BCUT2D eigenvalue weighted by Crippen LogP contribution is 2.16. The lowest BCUT2D eigenvalue weighted by atomic mass is 9.92. The van der Waals surface area contributed by atoms with Gasteiger partial charge in [0.15, 0.2) is 0 Å². The summed E-state index contributed by atoms with van der Waals surface area (Å²) in [4.78, 5) is 23.5. The number of hydrogen-bond donors (Lipinski definition) is 3. The van der Waals surface area contributed by atoms with Crippen LogP contribution in [0.4, 0.5) is 0 Å². The van der Waals surface area contributed by atoms with Crippen molar-refractivity contribution in [2.45, 2.75) is 12.5 Å². The molecule has 0 bridgehead atoms. The average molecular weight is 279 g/mol. The first-order valence-electron chi connectivity index (χ1n) is 6.37. The summed E-state index contributed by atoms with van der Waals surface area (Å²) in [6.07, 6.45) is 0. The Morgan fingerprint density at radius 1 is 1.25 bits per heavy atom. The fourth-order valence-electron chi connectivity index (χ4n) is 1.61. The molecular weight excluding hydrogens is 258 g/mol. The van der Waals surface area contributed by atoms with Crippen LogP contribution in [-0.4, -0.2) is 38.6 Å². The third-order valence-corrected chi connectivity index (χ3v) is 2.88. The van der Waals surface area contributed by atoms with Crippen molar-refractivity contribution in [3.63, 3.8) is 0 Å². The van der Waals surface area contributed by atoms with E-state index < -0.39 is 11.4 Å². The van der Waals surface area contributed by atoms with Gasteiger partial charge in [0.1, 0.15) is 5.54 Å². The molecule has 0 aromatic heterocycles. The maximum Gasteiger partial charge on any atom is 0.244 e. The predicted octanol–water partition coefficient (Wildman–Crippen LogP) is -0.261. The van der Waals surface area contributed by atoms with Gasteiger partial charge in [-0.2, -0.15) is 0 Å². The van der Waals surface area contributed by atoms with Crippen LogP contribution in [0.2, 0.25) is 0 Å². The average Bonchev–Trinajstić information content (AvgIpc) is 2.46. The van der Waals surface area contributed by atoms with Gasteiger partial charge in [0.05, 0.1) is 13.2 Å². The molecule has 0 aliphatic rings. The normalized spacial score (nSPS) is 13.3. The summed E-state index contributed by atoms with van der Waals surface area (Å²) in [5, 5.41) is 5.14. The van der Waals surface area contributed by atoms with E-state index in [1.54, 1.807) is 26.2 Å². The molecule has 6 nitrogen and oxygen atoms in total. The van der Waals surface area contributed by atoms with E-state index in [0.29, 0.717) is 18.7 Å². The minimum atomic E-state index is -1.17. The monoisotopic (exact) mass is 279 g/mol. The summed E-state index contributed by atoms with van der Waals surface area (Å²) < 4.78 is 4.81. The number of ether oxygens (including phenoxy) is 1. The lowest BCUT2D eigenvalue weighted by molar-refractivity contribution is -0.129. The Morgan fingerprint density at radius 2 is 1.90 bits per heavy atom. The van der Waals surface area contributed by atoms with Crippen molar-refractivity contribution in [1.29, 1.82) is 0 Å². The van der Waals surface area contributed by atoms with Gasteiger partial charge in [0, 0.05) is 13.7 Å². The Kier molecular flexibility index (Phi) is 6.14. The number of rotatable bonds is 7. The summed E-state index contributed by atoms with van der Waals surface area (Å²) >= 11 is 0. The number of nitrogens with one attached hydrogen (secondary N) is 2. The third kappa shape index (κ3) is 4.64. The molecule has 4 N–H and O–H groups in total. The van der Waals surface area contributed by atoms with E-state index in [0.717, 1.165) is 0 Å². The van der Waals surface area contributed by atoms with Gasteiger partial charge >= 0.3 is 0 Å². The van der Waals surface area contributed by atoms with Crippen LogP contribution in [0.3, 0.4) is 0 Å². The highest BCUT2D eigenvalue weighted by Gasteiger charge is 2.30. The van der Waals surface area contributed by atoms with E-state index in [1.807, 2.05) is 18.2 Å². The SMILES string of the molecule is COCCNC(=O)CNC(=O)C(C)(N)c1ccccc1. The highest BCUT2D eigenvalue weighted by molar-refractivity contribution is 5.90. The molecule has 1 unspecified atom stereocenters. The van der Waals surface area contributed by atoms with Gasteiger partial charge in [-0.25, -0.2) is 0 Å². The van der Waals surface area contributed by atoms with Crippen molar-refractivity contribution in [1.82, 2.24) is 10.6 Å². The van der Waals surface area contributed by atoms with E-state index in [9.17, 15) is 9.59 Å². The number of nitrogens with two attached hydrogens (primary N) is 1. The molecule has 1 aromatic rings. The van der Waals surface area contributed by atoms with Crippen molar-refractivity contribution in [2.75, 3.05) is 26.8 Å². The van der Waals surface area contributed by atoms with Crippen LogP contribution < -0.4 is 16.4 Å². The van der Waals surface area contributed by atoms with Crippen molar-refractivity contribution < 1.29 is 14.3 Å². The number of benzene rings is 1. The fraction of sp³-hybridized carbons (Fsp3) is 0.429. The van der Waals surface area contributed by atoms with Crippen LogP contribution in [0, 0.1) is 0 Å². The standard InChI is InChI=1S/C14H21N3O3/c1-14(15,11-6-4-3-5-7-11)13(19)17-10-12(18)16-8-9-20-2/h3-7H,8-10,15H2,1-2H3,(H,16,18)(H,17,19). The Labute approximate surface area is 118 Å². The summed E-state index contributed by atoms with van der Waals surface area (Å²) in [5.74, 6) is -0.676. The molecule has 0 saturated heterocycles. The van der Waals surface area contributed by atoms with E-state index in [4.69, 9.17) is 10.5 Å². The molecule has 110 valence electrons. The van der Waals surface area contributed by atoms with Crippen LogP contribution in [0.5, 0.6) is 0 Å². The number of carbonyl (C=O) groups excluding carboxylic acids is 2. The van der Waals surface area contributed by atoms with Gasteiger partial charge in [-0.1, -0.05) is 30.3 Å². The molecule has 0 spiro atoms. The first kappa shape index (κ1) is 16.1. The number of hydrogen-bond acceptors (Lipinski definition) is 4. The van der Waals surface area contributed by atoms with Crippen LogP contribution in [0.25, 0.3) is 0 Å².